The van der Waals surface area contributed by atoms with Crippen molar-refractivity contribution in [2.45, 2.75) is 110 Å². The maximum atomic E-state index is 13.4. The fraction of sp³-hybridized carbons (Fsp3) is 0.531. The van der Waals surface area contributed by atoms with Gasteiger partial charge in [0.25, 0.3) is 0 Å². The normalized spacial score (nSPS) is 23.4. The summed E-state index contributed by atoms with van der Waals surface area (Å²) in [5, 5.41) is 11.0. The number of benzene rings is 2. The van der Waals surface area contributed by atoms with Crippen molar-refractivity contribution in [1.29, 1.82) is 0 Å². The van der Waals surface area contributed by atoms with Gasteiger partial charge in [-0.2, -0.15) is 0 Å². The molecule has 0 aliphatic heterocycles. The van der Waals surface area contributed by atoms with Crippen LogP contribution in [0.15, 0.2) is 36.4 Å². The predicted octanol–water partition coefficient (Wildman–Crippen LogP) is 8.57. The van der Waals surface area contributed by atoms with E-state index in [4.69, 9.17) is 0 Å². The minimum Gasteiger partial charge on any atom is -0.465 e. The zero-order valence-corrected chi connectivity index (χ0v) is 22.6. The summed E-state index contributed by atoms with van der Waals surface area (Å²) in [7, 11) is 0. The van der Waals surface area contributed by atoms with E-state index in [1.54, 1.807) is 0 Å². The first kappa shape index (κ1) is 25.5. The van der Waals surface area contributed by atoms with Crippen LogP contribution in [0.4, 0.5) is 4.79 Å². The minimum absolute atomic E-state index is 0.0440. The van der Waals surface area contributed by atoms with Crippen LogP contribution >= 0.6 is 0 Å². The van der Waals surface area contributed by atoms with Crippen molar-refractivity contribution < 1.29 is 9.90 Å². The molecule has 0 aromatic heterocycles. The maximum Gasteiger partial charge on any atom is 0.408 e. The largest absolute Gasteiger partial charge is 0.465 e. The molecule has 2 aliphatic rings. The van der Waals surface area contributed by atoms with Gasteiger partial charge in [0.1, 0.15) is 0 Å². The average molecular weight is 474 g/mol. The van der Waals surface area contributed by atoms with Crippen molar-refractivity contribution in [2.75, 3.05) is 0 Å². The number of carboxylic acid groups (broad SMARTS) is 1. The number of allylic oxidation sites excluding steroid dienone is 1. The molecule has 0 saturated heterocycles. The quantitative estimate of drug-likeness (QED) is 0.452. The van der Waals surface area contributed by atoms with Crippen molar-refractivity contribution in [2.24, 2.45) is 0 Å². The SMILES string of the molecule is C=C1CCC(c2c(C)cc(C)cc2C)(N(C(=O)O)C2CCCCC2)C(c2c(C)cc(C)cc2C)C1. The van der Waals surface area contributed by atoms with Crippen molar-refractivity contribution in [3.05, 3.63) is 80.9 Å². The van der Waals surface area contributed by atoms with E-state index in [1.807, 2.05) is 4.90 Å². The number of amides is 1. The predicted molar refractivity (Wildman–Crippen MR) is 145 cm³/mol. The van der Waals surface area contributed by atoms with Gasteiger partial charge < -0.3 is 5.11 Å². The molecule has 0 spiro atoms. The summed E-state index contributed by atoms with van der Waals surface area (Å²) in [5.74, 6) is 0.0440. The highest BCUT2D eigenvalue weighted by Crippen LogP contribution is 2.56. The highest BCUT2D eigenvalue weighted by molar-refractivity contribution is 5.69. The molecule has 0 heterocycles. The van der Waals surface area contributed by atoms with Crippen LogP contribution < -0.4 is 0 Å². The second kappa shape index (κ2) is 9.84. The Hall–Kier alpha value is -2.55. The molecule has 2 fully saturated rings. The van der Waals surface area contributed by atoms with Gasteiger partial charge in [0, 0.05) is 12.0 Å². The Morgan fingerprint density at radius 1 is 0.886 bits per heavy atom. The first-order valence-electron chi connectivity index (χ1n) is 13.4. The number of aryl methyl sites for hydroxylation is 6. The van der Waals surface area contributed by atoms with E-state index in [9.17, 15) is 9.90 Å². The van der Waals surface area contributed by atoms with E-state index < -0.39 is 11.6 Å². The van der Waals surface area contributed by atoms with Crippen molar-refractivity contribution in [1.82, 2.24) is 4.90 Å². The molecule has 1 amide bonds. The molecule has 3 nitrogen and oxygen atoms in total. The topological polar surface area (TPSA) is 40.5 Å². The Balaban J connectivity index is 2.08. The summed E-state index contributed by atoms with van der Waals surface area (Å²) < 4.78 is 0. The van der Waals surface area contributed by atoms with E-state index >= 15 is 0 Å². The lowest BCUT2D eigenvalue weighted by Crippen LogP contribution is -2.59. The Morgan fingerprint density at radius 2 is 1.40 bits per heavy atom. The second-order valence-electron chi connectivity index (χ2n) is 11.5. The van der Waals surface area contributed by atoms with Crippen LogP contribution in [0.5, 0.6) is 0 Å². The van der Waals surface area contributed by atoms with Gasteiger partial charge in [-0.1, -0.05) is 66.8 Å². The summed E-state index contributed by atoms with van der Waals surface area (Å²) in [6.45, 7) is 17.5. The van der Waals surface area contributed by atoms with Gasteiger partial charge in [-0.15, -0.1) is 0 Å². The van der Waals surface area contributed by atoms with Gasteiger partial charge in [0.05, 0.1) is 5.54 Å². The van der Waals surface area contributed by atoms with Gasteiger partial charge in [0.2, 0.25) is 0 Å². The monoisotopic (exact) mass is 473 g/mol. The smallest absolute Gasteiger partial charge is 0.408 e. The molecule has 2 aliphatic carbocycles. The second-order valence-corrected chi connectivity index (χ2v) is 11.5. The Bertz CT molecular complexity index is 1090. The summed E-state index contributed by atoms with van der Waals surface area (Å²) >= 11 is 0. The first-order chi connectivity index (χ1) is 16.6. The lowest BCUT2D eigenvalue weighted by molar-refractivity contribution is -0.00111. The maximum absolute atomic E-state index is 13.4. The van der Waals surface area contributed by atoms with E-state index in [-0.39, 0.29) is 12.0 Å². The molecule has 0 radical (unpaired) electrons. The molecule has 2 aromatic carbocycles. The molecule has 0 bridgehead atoms. The minimum atomic E-state index is -0.767. The highest BCUT2D eigenvalue weighted by atomic mass is 16.4. The summed E-state index contributed by atoms with van der Waals surface area (Å²) in [6.07, 6.45) is 7.04. The van der Waals surface area contributed by atoms with Crippen molar-refractivity contribution in [3.63, 3.8) is 0 Å². The van der Waals surface area contributed by atoms with E-state index in [2.05, 4.69) is 72.4 Å². The number of rotatable bonds is 4. The van der Waals surface area contributed by atoms with Gasteiger partial charge in [-0.25, -0.2) is 4.79 Å². The van der Waals surface area contributed by atoms with Crippen molar-refractivity contribution in [3.8, 4) is 0 Å². The van der Waals surface area contributed by atoms with Crippen LogP contribution in [-0.4, -0.2) is 22.1 Å². The molecule has 2 saturated carbocycles. The third-order valence-electron chi connectivity index (χ3n) is 8.70. The van der Waals surface area contributed by atoms with Gasteiger partial charge >= 0.3 is 6.09 Å². The zero-order valence-electron chi connectivity index (χ0n) is 22.6. The van der Waals surface area contributed by atoms with Gasteiger partial charge in [0.15, 0.2) is 0 Å². The molecule has 3 heteroatoms. The lowest BCUT2D eigenvalue weighted by atomic mass is 9.60. The van der Waals surface area contributed by atoms with E-state index in [1.165, 1.54) is 56.5 Å². The number of carbonyl (C=O) groups is 1. The number of nitrogens with zero attached hydrogens (tertiary/aromatic N) is 1. The molecule has 2 atom stereocenters. The van der Waals surface area contributed by atoms with Gasteiger partial charge in [-0.05, 0) is 107 Å². The summed E-state index contributed by atoms with van der Waals surface area (Å²) in [4.78, 5) is 15.3. The molecular formula is C32H43NO2. The van der Waals surface area contributed by atoms with Gasteiger partial charge in [-0.3, -0.25) is 4.90 Å². The fourth-order valence-corrected chi connectivity index (χ4v) is 7.75. The average Bonchev–Trinajstić information content (AvgIpc) is 2.75. The Kier molecular flexibility index (Phi) is 7.18. The van der Waals surface area contributed by atoms with E-state index in [0.29, 0.717) is 0 Å². The summed E-state index contributed by atoms with van der Waals surface area (Å²) in [6, 6.07) is 9.10. The fourth-order valence-electron chi connectivity index (χ4n) is 7.75. The molecule has 2 aromatic rings. The third kappa shape index (κ3) is 4.55. The lowest BCUT2D eigenvalue weighted by Gasteiger charge is -2.56. The molecule has 4 rings (SSSR count). The standard InChI is InChI=1S/C32H43NO2/c1-20-13-14-32(30-25(6)17-22(3)18-26(30)7,33(31(34)35)27-11-9-8-10-12-27)28(19-20)29-23(4)15-21(2)16-24(29)5/h15-18,27-28H,1,8-14,19H2,2-7H3,(H,34,35). The molecule has 1 N–H and O–H groups in total. The molecule has 35 heavy (non-hydrogen) atoms. The van der Waals surface area contributed by atoms with Crippen LogP contribution in [0.1, 0.15) is 102 Å². The van der Waals surface area contributed by atoms with Crippen LogP contribution in [0, 0.1) is 41.5 Å². The highest BCUT2D eigenvalue weighted by Gasteiger charge is 2.54. The molecule has 2 unspecified atom stereocenters. The number of hydrogen-bond acceptors (Lipinski definition) is 1. The molecule has 188 valence electrons. The van der Waals surface area contributed by atoms with Crippen LogP contribution in [0.3, 0.4) is 0 Å². The van der Waals surface area contributed by atoms with E-state index in [0.717, 1.165) is 44.9 Å². The zero-order chi connectivity index (χ0) is 25.5. The van der Waals surface area contributed by atoms with Crippen LogP contribution in [0.2, 0.25) is 0 Å². The van der Waals surface area contributed by atoms with Crippen LogP contribution in [0.25, 0.3) is 0 Å². The van der Waals surface area contributed by atoms with Crippen LogP contribution in [-0.2, 0) is 5.54 Å². The molecular weight excluding hydrogens is 430 g/mol. The summed E-state index contributed by atoms with van der Waals surface area (Å²) in [5.41, 5.74) is 10.6. The Labute approximate surface area is 212 Å². The third-order valence-corrected chi connectivity index (χ3v) is 8.70. The Morgan fingerprint density at radius 3 is 1.91 bits per heavy atom. The van der Waals surface area contributed by atoms with Crippen molar-refractivity contribution >= 4 is 6.09 Å². The first-order valence-corrected chi connectivity index (χ1v) is 13.4. The number of hydrogen-bond donors (Lipinski definition) is 1.